The minimum Gasteiger partial charge on any atom is -0.497 e. The lowest BCUT2D eigenvalue weighted by Crippen LogP contribution is -2.39. The number of aromatic nitrogens is 4. The van der Waals surface area contributed by atoms with E-state index in [-0.39, 0.29) is 17.2 Å². The van der Waals surface area contributed by atoms with Gasteiger partial charge < -0.3 is 20.5 Å². The number of fused-ring (bicyclic) bond motifs is 1. The number of nitrogens with two attached hydrogens (primary N) is 1. The highest BCUT2D eigenvalue weighted by Crippen LogP contribution is 2.35. The molecule has 4 aromatic rings. The van der Waals surface area contributed by atoms with Gasteiger partial charge in [0.2, 0.25) is 5.95 Å². The number of hydrogen-bond acceptors (Lipinski definition) is 8. The number of morpholine rings is 1. The van der Waals surface area contributed by atoms with Crippen LogP contribution in [0.1, 0.15) is 0 Å². The lowest BCUT2D eigenvalue weighted by atomic mass is 10.1. The average molecular weight is 482 g/mol. The number of nitrogens with zero attached hydrogens (tertiary/aromatic N) is 5. The Morgan fingerprint density at radius 3 is 2.57 bits per heavy atom. The van der Waals surface area contributed by atoms with Gasteiger partial charge in [-0.15, -0.1) is 5.10 Å². The average Bonchev–Trinajstić information content (AvgIpc) is 3.21. The van der Waals surface area contributed by atoms with E-state index in [4.69, 9.17) is 15.2 Å². The van der Waals surface area contributed by atoms with Gasteiger partial charge in [-0.05, 0) is 36.4 Å². The van der Waals surface area contributed by atoms with Gasteiger partial charge in [-0.1, -0.05) is 0 Å². The largest absolute Gasteiger partial charge is 0.497 e. The van der Waals surface area contributed by atoms with Crippen LogP contribution in [0.25, 0.3) is 28.0 Å². The van der Waals surface area contributed by atoms with Crippen LogP contribution in [0.3, 0.4) is 0 Å². The highest BCUT2D eigenvalue weighted by molar-refractivity contribution is 5.99. The van der Waals surface area contributed by atoms with Crippen molar-refractivity contribution in [3.05, 3.63) is 54.1 Å². The summed E-state index contributed by atoms with van der Waals surface area (Å²) in [6.07, 6.45) is 0. The summed E-state index contributed by atoms with van der Waals surface area (Å²) < 4.78 is 40.5. The van der Waals surface area contributed by atoms with E-state index >= 15 is 4.39 Å². The van der Waals surface area contributed by atoms with Crippen molar-refractivity contribution in [3.8, 4) is 22.7 Å². The molecule has 0 aliphatic carbocycles. The third kappa shape index (κ3) is 4.73. The van der Waals surface area contributed by atoms with Crippen molar-refractivity contribution in [1.82, 2.24) is 24.6 Å². The van der Waals surface area contributed by atoms with Crippen LogP contribution in [0.4, 0.5) is 20.5 Å². The Balaban J connectivity index is 1.56. The summed E-state index contributed by atoms with van der Waals surface area (Å²) in [7, 11) is 1.47. The van der Waals surface area contributed by atoms with E-state index in [0.29, 0.717) is 53.9 Å². The third-order valence-corrected chi connectivity index (χ3v) is 5.89. The number of nitrogen functional groups attached to an aromatic ring is 1. The van der Waals surface area contributed by atoms with Crippen molar-refractivity contribution in [2.45, 2.75) is 0 Å². The zero-order valence-electron chi connectivity index (χ0n) is 19.2. The molecule has 0 unspecified atom stereocenters. The maximum atomic E-state index is 15.1. The molecule has 0 spiro atoms. The monoisotopic (exact) mass is 481 g/mol. The molecule has 3 heterocycles. The molecule has 0 radical (unpaired) electrons. The van der Waals surface area contributed by atoms with Crippen molar-refractivity contribution < 1.29 is 18.3 Å². The fraction of sp³-hybridized carbons (Fsp3) is 0.292. The second-order valence-electron chi connectivity index (χ2n) is 8.09. The SMILES string of the molecule is COc1ccc(-c2nc(NCCN3CCOCC3)nc3nn(-c4ccc(F)cc4)c(N)c23)c(F)c1. The molecule has 2 aromatic carbocycles. The highest BCUT2D eigenvalue weighted by atomic mass is 19.1. The van der Waals surface area contributed by atoms with Gasteiger partial charge in [0, 0.05) is 37.8 Å². The van der Waals surface area contributed by atoms with Crippen molar-refractivity contribution in [3.63, 3.8) is 0 Å². The molecule has 1 aliphatic heterocycles. The molecular weight excluding hydrogens is 456 g/mol. The molecule has 1 aliphatic rings. The summed E-state index contributed by atoms with van der Waals surface area (Å²) in [4.78, 5) is 11.4. The van der Waals surface area contributed by atoms with E-state index in [0.717, 1.165) is 19.6 Å². The third-order valence-electron chi connectivity index (χ3n) is 5.89. The van der Waals surface area contributed by atoms with Gasteiger partial charge in [0.25, 0.3) is 0 Å². The maximum absolute atomic E-state index is 15.1. The second-order valence-corrected chi connectivity index (χ2v) is 8.09. The van der Waals surface area contributed by atoms with Crippen LogP contribution in [0, 0.1) is 11.6 Å². The molecule has 0 bridgehead atoms. The molecule has 0 amide bonds. The van der Waals surface area contributed by atoms with Crippen LogP contribution in [-0.2, 0) is 4.74 Å². The Bertz CT molecular complexity index is 1340. The number of methoxy groups -OCH3 is 1. The standard InChI is InChI=1S/C24H25F2N7O2/c1-34-17-6-7-18(19(26)14-17)21-20-22(27)33(16-4-2-15(25)3-5-16)31-23(20)30-24(29-21)28-8-9-32-10-12-35-13-11-32/h2-7,14H,8-13,27H2,1H3,(H,28,30,31). The topological polar surface area (TPSA) is 103 Å². The van der Waals surface area contributed by atoms with Gasteiger partial charge in [-0.3, -0.25) is 4.90 Å². The molecule has 35 heavy (non-hydrogen) atoms. The Hall–Kier alpha value is -3.83. The van der Waals surface area contributed by atoms with E-state index in [1.54, 1.807) is 24.3 Å². The molecule has 0 saturated carbocycles. The van der Waals surface area contributed by atoms with Gasteiger partial charge in [0.1, 0.15) is 23.2 Å². The smallest absolute Gasteiger partial charge is 0.225 e. The van der Waals surface area contributed by atoms with E-state index in [1.807, 2.05) is 0 Å². The Morgan fingerprint density at radius 1 is 1.09 bits per heavy atom. The molecule has 182 valence electrons. The molecule has 9 nitrogen and oxygen atoms in total. The minimum absolute atomic E-state index is 0.219. The molecular formula is C24H25F2N7O2. The van der Waals surface area contributed by atoms with Crippen LogP contribution < -0.4 is 15.8 Å². The highest BCUT2D eigenvalue weighted by Gasteiger charge is 2.21. The number of benzene rings is 2. The number of hydrogen-bond donors (Lipinski definition) is 2. The second kappa shape index (κ2) is 9.80. The molecule has 5 rings (SSSR count). The maximum Gasteiger partial charge on any atom is 0.225 e. The van der Waals surface area contributed by atoms with Crippen LogP contribution in [-0.4, -0.2) is 71.2 Å². The fourth-order valence-electron chi connectivity index (χ4n) is 4.03. The molecule has 1 saturated heterocycles. The van der Waals surface area contributed by atoms with Crippen molar-refractivity contribution in [2.75, 3.05) is 57.6 Å². The molecule has 11 heteroatoms. The predicted molar refractivity (Wildman–Crippen MR) is 129 cm³/mol. The lowest BCUT2D eigenvalue weighted by molar-refractivity contribution is 0.0398. The van der Waals surface area contributed by atoms with Gasteiger partial charge in [0.05, 0.1) is 37.1 Å². The van der Waals surface area contributed by atoms with Gasteiger partial charge >= 0.3 is 0 Å². The lowest BCUT2D eigenvalue weighted by Gasteiger charge is -2.26. The van der Waals surface area contributed by atoms with Gasteiger partial charge in [-0.2, -0.15) is 4.98 Å². The summed E-state index contributed by atoms with van der Waals surface area (Å²) in [5, 5.41) is 8.15. The van der Waals surface area contributed by atoms with Crippen molar-refractivity contribution in [2.24, 2.45) is 0 Å². The van der Waals surface area contributed by atoms with Crippen molar-refractivity contribution in [1.29, 1.82) is 0 Å². The van der Waals surface area contributed by atoms with E-state index in [2.05, 4.69) is 25.3 Å². The summed E-state index contributed by atoms with van der Waals surface area (Å²) in [6.45, 7) is 4.52. The van der Waals surface area contributed by atoms with Gasteiger partial charge in [-0.25, -0.2) is 18.4 Å². The number of nitrogens with one attached hydrogen (secondary N) is 1. The first kappa shape index (κ1) is 22.9. The Morgan fingerprint density at radius 2 is 1.86 bits per heavy atom. The summed E-state index contributed by atoms with van der Waals surface area (Å²) >= 11 is 0. The normalized spacial score (nSPS) is 14.4. The van der Waals surface area contributed by atoms with E-state index in [9.17, 15) is 4.39 Å². The quantitative estimate of drug-likeness (QED) is 0.415. The number of ether oxygens (including phenoxy) is 2. The summed E-state index contributed by atoms with van der Waals surface area (Å²) in [6, 6.07) is 10.3. The predicted octanol–water partition coefficient (Wildman–Crippen LogP) is 3.10. The summed E-state index contributed by atoms with van der Waals surface area (Å²) in [5.41, 5.74) is 7.82. The zero-order chi connectivity index (χ0) is 24.4. The first-order valence-corrected chi connectivity index (χ1v) is 11.2. The van der Waals surface area contributed by atoms with Gasteiger partial charge in [0.15, 0.2) is 5.65 Å². The Labute approximate surface area is 200 Å². The van der Waals surface area contributed by atoms with Crippen LogP contribution in [0.2, 0.25) is 0 Å². The zero-order valence-corrected chi connectivity index (χ0v) is 19.2. The minimum atomic E-state index is -0.516. The fourth-order valence-corrected chi connectivity index (χ4v) is 4.03. The Kier molecular flexibility index (Phi) is 6.43. The van der Waals surface area contributed by atoms with E-state index in [1.165, 1.54) is 30.0 Å². The van der Waals surface area contributed by atoms with Crippen LogP contribution in [0.5, 0.6) is 5.75 Å². The molecule has 0 atom stereocenters. The number of rotatable bonds is 7. The number of halogens is 2. The number of anilines is 2. The molecule has 3 N–H and O–H groups in total. The van der Waals surface area contributed by atoms with E-state index < -0.39 is 5.82 Å². The first-order valence-electron chi connectivity index (χ1n) is 11.2. The van der Waals surface area contributed by atoms with Crippen LogP contribution >= 0.6 is 0 Å². The molecule has 1 fully saturated rings. The first-order chi connectivity index (χ1) is 17.0. The molecule has 2 aromatic heterocycles. The van der Waals surface area contributed by atoms with Crippen molar-refractivity contribution >= 4 is 22.8 Å². The van der Waals surface area contributed by atoms with Crippen LogP contribution in [0.15, 0.2) is 42.5 Å². The summed E-state index contributed by atoms with van der Waals surface area (Å²) in [5.74, 6) is 0.0148.